The second-order valence-electron chi connectivity index (χ2n) is 3.75. The van der Waals surface area contributed by atoms with Crippen molar-refractivity contribution in [1.82, 2.24) is 15.8 Å². The van der Waals surface area contributed by atoms with Crippen molar-refractivity contribution < 1.29 is 14.1 Å². The van der Waals surface area contributed by atoms with Gasteiger partial charge in [-0.3, -0.25) is 9.59 Å². The predicted molar refractivity (Wildman–Crippen MR) is 54.1 cm³/mol. The Kier molecular flexibility index (Phi) is 3.19. The molecule has 6 heteroatoms. The molecular formula is C10H13N3O3. The lowest BCUT2D eigenvalue weighted by Gasteiger charge is -2.21. The third-order valence-electron chi connectivity index (χ3n) is 2.57. The molecule has 2 heterocycles. The van der Waals surface area contributed by atoms with Crippen LogP contribution in [0.15, 0.2) is 16.9 Å². The van der Waals surface area contributed by atoms with Crippen LogP contribution in [0.3, 0.4) is 0 Å². The first-order valence-corrected chi connectivity index (χ1v) is 5.19. The average Bonchev–Trinajstić information content (AvgIpc) is 2.80. The minimum absolute atomic E-state index is 0.0144. The van der Waals surface area contributed by atoms with E-state index in [2.05, 4.69) is 20.3 Å². The number of nitrogens with one attached hydrogen (secondary N) is 2. The van der Waals surface area contributed by atoms with E-state index in [1.807, 2.05) is 0 Å². The van der Waals surface area contributed by atoms with Crippen LogP contribution < -0.4 is 10.6 Å². The highest BCUT2D eigenvalue weighted by Crippen LogP contribution is 2.10. The molecule has 1 atom stereocenters. The summed E-state index contributed by atoms with van der Waals surface area (Å²) in [5, 5.41) is 9.12. The van der Waals surface area contributed by atoms with E-state index >= 15 is 0 Å². The molecule has 1 fully saturated rings. The van der Waals surface area contributed by atoms with Gasteiger partial charge in [0.05, 0.1) is 12.5 Å². The van der Waals surface area contributed by atoms with Gasteiger partial charge in [-0.1, -0.05) is 5.16 Å². The molecule has 6 nitrogen and oxygen atoms in total. The number of piperidine rings is 1. The summed E-state index contributed by atoms with van der Waals surface area (Å²) in [6.45, 7) is 0.781. The maximum absolute atomic E-state index is 11.7. The number of hydrogen-bond donors (Lipinski definition) is 2. The molecule has 1 aliphatic rings. The van der Waals surface area contributed by atoms with Gasteiger partial charge in [-0.15, -0.1) is 0 Å². The van der Waals surface area contributed by atoms with Crippen molar-refractivity contribution in [1.29, 1.82) is 0 Å². The lowest BCUT2D eigenvalue weighted by Crippen LogP contribution is -2.42. The number of rotatable bonds is 3. The van der Waals surface area contributed by atoms with Crippen LogP contribution in [0.2, 0.25) is 0 Å². The Bertz CT molecular complexity index is 365. The Morgan fingerprint density at radius 1 is 1.69 bits per heavy atom. The lowest BCUT2D eigenvalue weighted by molar-refractivity contribution is -0.129. The standard InChI is InChI=1S/C10H13N3O3/c14-9-2-1-7(5-11-9)10(15)12-6-8-3-4-16-13-8/h3-4,7H,1-2,5-6H2,(H,11,14)(H,12,15). The topological polar surface area (TPSA) is 84.2 Å². The molecule has 2 N–H and O–H groups in total. The fourth-order valence-corrected chi connectivity index (χ4v) is 1.61. The van der Waals surface area contributed by atoms with Gasteiger partial charge in [0.25, 0.3) is 0 Å². The van der Waals surface area contributed by atoms with E-state index in [4.69, 9.17) is 0 Å². The molecule has 2 amide bonds. The number of carbonyl (C=O) groups is 2. The van der Waals surface area contributed by atoms with Crippen molar-refractivity contribution in [2.24, 2.45) is 5.92 Å². The molecule has 1 aromatic rings. The summed E-state index contributed by atoms with van der Waals surface area (Å²) in [6.07, 6.45) is 2.49. The van der Waals surface area contributed by atoms with Crippen LogP contribution in [0.1, 0.15) is 18.5 Å². The first-order valence-electron chi connectivity index (χ1n) is 5.19. The molecule has 16 heavy (non-hydrogen) atoms. The van der Waals surface area contributed by atoms with Crippen LogP contribution in [0.5, 0.6) is 0 Å². The van der Waals surface area contributed by atoms with E-state index in [1.54, 1.807) is 6.07 Å². The van der Waals surface area contributed by atoms with Gasteiger partial charge in [-0.2, -0.15) is 0 Å². The Labute approximate surface area is 92.4 Å². The summed E-state index contributed by atoms with van der Waals surface area (Å²) >= 11 is 0. The molecule has 0 radical (unpaired) electrons. The van der Waals surface area contributed by atoms with E-state index in [9.17, 15) is 9.59 Å². The highest BCUT2D eigenvalue weighted by atomic mass is 16.5. The van der Waals surface area contributed by atoms with E-state index in [-0.39, 0.29) is 17.7 Å². The van der Waals surface area contributed by atoms with Gasteiger partial charge in [0.2, 0.25) is 11.8 Å². The van der Waals surface area contributed by atoms with Crippen molar-refractivity contribution in [2.45, 2.75) is 19.4 Å². The highest BCUT2D eigenvalue weighted by molar-refractivity contribution is 5.83. The number of amides is 2. The van der Waals surface area contributed by atoms with Crippen molar-refractivity contribution in [3.8, 4) is 0 Å². The fourth-order valence-electron chi connectivity index (χ4n) is 1.61. The van der Waals surface area contributed by atoms with Gasteiger partial charge in [0.1, 0.15) is 12.0 Å². The quantitative estimate of drug-likeness (QED) is 0.744. The first kappa shape index (κ1) is 10.7. The van der Waals surface area contributed by atoms with Gasteiger partial charge < -0.3 is 15.2 Å². The SMILES string of the molecule is O=C1CCC(C(=O)NCc2ccon2)CN1. The summed E-state index contributed by atoms with van der Waals surface area (Å²) in [4.78, 5) is 22.6. The van der Waals surface area contributed by atoms with Gasteiger partial charge >= 0.3 is 0 Å². The van der Waals surface area contributed by atoms with Crippen LogP contribution in [-0.4, -0.2) is 23.5 Å². The summed E-state index contributed by atoms with van der Waals surface area (Å²) < 4.78 is 4.65. The second kappa shape index (κ2) is 4.78. The Morgan fingerprint density at radius 2 is 2.56 bits per heavy atom. The van der Waals surface area contributed by atoms with E-state index in [0.717, 1.165) is 0 Å². The molecule has 86 valence electrons. The molecule has 1 saturated heterocycles. The van der Waals surface area contributed by atoms with Crippen molar-refractivity contribution in [2.75, 3.05) is 6.54 Å². The van der Waals surface area contributed by atoms with Crippen LogP contribution in [0, 0.1) is 5.92 Å². The fraction of sp³-hybridized carbons (Fsp3) is 0.500. The molecule has 1 aromatic heterocycles. The van der Waals surface area contributed by atoms with Crippen LogP contribution >= 0.6 is 0 Å². The third-order valence-corrected chi connectivity index (χ3v) is 2.57. The van der Waals surface area contributed by atoms with E-state index in [1.165, 1.54) is 6.26 Å². The summed E-state index contributed by atoms with van der Waals surface area (Å²) in [5.74, 6) is -0.173. The molecule has 0 saturated carbocycles. The van der Waals surface area contributed by atoms with Crippen LogP contribution in [0.4, 0.5) is 0 Å². The summed E-state index contributed by atoms with van der Waals surface area (Å²) in [7, 11) is 0. The van der Waals surface area contributed by atoms with Crippen molar-refractivity contribution in [3.05, 3.63) is 18.0 Å². The zero-order valence-corrected chi connectivity index (χ0v) is 8.73. The molecule has 1 unspecified atom stereocenters. The van der Waals surface area contributed by atoms with Gasteiger partial charge in [-0.25, -0.2) is 0 Å². The molecule has 0 aromatic carbocycles. The summed E-state index contributed by atoms with van der Waals surface area (Å²) in [6, 6.07) is 1.70. The summed E-state index contributed by atoms with van der Waals surface area (Å²) in [5.41, 5.74) is 0.688. The largest absolute Gasteiger partial charge is 0.364 e. The molecule has 0 bridgehead atoms. The number of aromatic nitrogens is 1. The van der Waals surface area contributed by atoms with Gasteiger partial charge in [-0.05, 0) is 6.42 Å². The van der Waals surface area contributed by atoms with Crippen LogP contribution in [0.25, 0.3) is 0 Å². The normalized spacial score (nSPS) is 20.2. The predicted octanol–water partition coefficient (Wildman–Crippen LogP) is -0.183. The molecule has 0 spiro atoms. The maximum atomic E-state index is 11.7. The maximum Gasteiger partial charge on any atom is 0.225 e. The van der Waals surface area contributed by atoms with Crippen molar-refractivity contribution >= 4 is 11.8 Å². The highest BCUT2D eigenvalue weighted by Gasteiger charge is 2.24. The second-order valence-corrected chi connectivity index (χ2v) is 3.75. The average molecular weight is 223 g/mol. The minimum Gasteiger partial charge on any atom is -0.364 e. The molecular weight excluding hydrogens is 210 g/mol. The molecule has 0 aliphatic carbocycles. The van der Waals surface area contributed by atoms with E-state index < -0.39 is 0 Å². The monoisotopic (exact) mass is 223 g/mol. The molecule has 1 aliphatic heterocycles. The number of carbonyl (C=O) groups excluding carboxylic acids is 2. The zero-order valence-electron chi connectivity index (χ0n) is 8.73. The third kappa shape index (κ3) is 2.59. The minimum atomic E-state index is -0.135. The van der Waals surface area contributed by atoms with E-state index in [0.29, 0.717) is 31.6 Å². The smallest absolute Gasteiger partial charge is 0.225 e. The lowest BCUT2D eigenvalue weighted by atomic mass is 9.98. The Hall–Kier alpha value is -1.85. The Morgan fingerprint density at radius 3 is 3.19 bits per heavy atom. The van der Waals surface area contributed by atoms with Crippen molar-refractivity contribution in [3.63, 3.8) is 0 Å². The zero-order chi connectivity index (χ0) is 11.4. The first-order chi connectivity index (χ1) is 7.75. The van der Waals surface area contributed by atoms with Gasteiger partial charge in [0, 0.05) is 19.0 Å². The molecule has 2 rings (SSSR count). The van der Waals surface area contributed by atoms with Crippen LogP contribution in [-0.2, 0) is 16.1 Å². The Balaban J connectivity index is 1.77. The number of hydrogen-bond acceptors (Lipinski definition) is 4. The number of nitrogens with zero attached hydrogens (tertiary/aromatic N) is 1. The van der Waals surface area contributed by atoms with Gasteiger partial charge in [0.15, 0.2) is 0 Å².